The van der Waals surface area contributed by atoms with Crippen molar-refractivity contribution in [3.05, 3.63) is 100 Å². The largest absolute Gasteiger partial charge is 0.368 e. The fraction of sp³-hybridized carbons (Fsp3) is 0.0417. The molecule has 0 unspecified atom stereocenters. The number of hydrogen-bond donors (Lipinski definition) is 2. The molecule has 0 aliphatic rings. The van der Waals surface area contributed by atoms with E-state index in [1.54, 1.807) is 24.3 Å². The Hall–Kier alpha value is -3.95. The molecule has 10 heteroatoms. The maximum absolute atomic E-state index is 13.4. The Morgan fingerprint density at radius 3 is 2.44 bits per heavy atom. The molecule has 8 nitrogen and oxygen atoms in total. The number of aromatic nitrogens is 5. The van der Waals surface area contributed by atoms with Crippen LogP contribution in [0.25, 0.3) is 16.6 Å². The highest BCUT2D eigenvalue weighted by atomic mass is 35.5. The Bertz CT molecular complexity index is 1540. The molecular weight excluding hydrogens is 470 g/mol. The molecule has 2 heterocycles. The number of fused-ring (bicyclic) bond motifs is 1. The molecule has 0 saturated heterocycles. The lowest BCUT2D eigenvalue weighted by Gasteiger charge is -2.14. The Morgan fingerprint density at radius 2 is 1.62 bits per heavy atom. The van der Waals surface area contributed by atoms with Crippen molar-refractivity contribution in [1.82, 2.24) is 24.5 Å². The van der Waals surface area contributed by atoms with Crippen molar-refractivity contribution in [2.45, 2.75) is 10.9 Å². The van der Waals surface area contributed by atoms with E-state index in [0.29, 0.717) is 44.3 Å². The zero-order chi connectivity index (χ0) is 23.5. The Kier molecular flexibility index (Phi) is 6.11. The summed E-state index contributed by atoms with van der Waals surface area (Å²) in [7, 11) is 0. The topological polar surface area (TPSA) is 112 Å². The molecule has 5 rings (SSSR count). The highest BCUT2D eigenvalue weighted by molar-refractivity contribution is 7.98. The molecule has 0 aliphatic heterocycles. The first-order chi connectivity index (χ1) is 16.6. The van der Waals surface area contributed by atoms with Crippen LogP contribution < -0.4 is 16.6 Å². The van der Waals surface area contributed by atoms with E-state index in [2.05, 4.69) is 20.3 Å². The number of rotatable bonds is 6. The summed E-state index contributed by atoms with van der Waals surface area (Å²) in [6, 6.07) is 23.9. The minimum absolute atomic E-state index is 0.0963. The first-order valence-corrected chi connectivity index (χ1v) is 11.7. The maximum atomic E-state index is 13.4. The first-order valence-electron chi connectivity index (χ1n) is 10.3. The number of anilines is 3. The van der Waals surface area contributed by atoms with Crippen molar-refractivity contribution in [3.8, 4) is 5.69 Å². The Balaban J connectivity index is 1.52. The summed E-state index contributed by atoms with van der Waals surface area (Å²) in [5.41, 5.74) is 7.69. The van der Waals surface area contributed by atoms with Gasteiger partial charge in [-0.05, 0) is 36.4 Å². The molecule has 0 bridgehead atoms. The molecule has 34 heavy (non-hydrogen) atoms. The fourth-order valence-electron chi connectivity index (χ4n) is 3.39. The zero-order valence-electron chi connectivity index (χ0n) is 17.7. The summed E-state index contributed by atoms with van der Waals surface area (Å²) in [4.78, 5) is 31.0. The van der Waals surface area contributed by atoms with Crippen LogP contribution in [-0.4, -0.2) is 24.5 Å². The van der Waals surface area contributed by atoms with Crippen molar-refractivity contribution in [3.63, 3.8) is 0 Å². The van der Waals surface area contributed by atoms with Crippen LogP contribution in [0.4, 0.5) is 17.6 Å². The molecule has 0 aliphatic carbocycles. The third-order valence-electron chi connectivity index (χ3n) is 4.90. The third kappa shape index (κ3) is 4.57. The van der Waals surface area contributed by atoms with Crippen LogP contribution in [0.2, 0.25) is 5.02 Å². The number of hydrogen-bond acceptors (Lipinski definition) is 8. The molecule has 0 amide bonds. The monoisotopic (exact) mass is 487 g/mol. The minimum Gasteiger partial charge on any atom is -0.368 e. The van der Waals surface area contributed by atoms with Gasteiger partial charge in [-0.2, -0.15) is 15.0 Å². The van der Waals surface area contributed by atoms with Crippen molar-refractivity contribution in [1.29, 1.82) is 0 Å². The van der Waals surface area contributed by atoms with E-state index in [-0.39, 0.29) is 11.5 Å². The van der Waals surface area contributed by atoms with Gasteiger partial charge in [-0.3, -0.25) is 9.36 Å². The predicted molar refractivity (Wildman–Crippen MR) is 136 cm³/mol. The lowest BCUT2D eigenvalue weighted by Crippen LogP contribution is -2.22. The zero-order valence-corrected chi connectivity index (χ0v) is 19.3. The molecule has 0 saturated carbocycles. The van der Waals surface area contributed by atoms with Gasteiger partial charge in [0, 0.05) is 5.69 Å². The van der Waals surface area contributed by atoms with E-state index < -0.39 is 0 Å². The predicted octanol–water partition coefficient (Wildman–Crippen LogP) is 4.84. The molecule has 0 fully saturated rings. The van der Waals surface area contributed by atoms with Crippen molar-refractivity contribution in [2.75, 3.05) is 11.1 Å². The number of thioether (sulfide) groups is 1. The number of nitrogen functional groups attached to an aromatic ring is 1. The minimum atomic E-state index is -0.206. The van der Waals surface area contributed by atoms with E-state index in [9.17, 15) is 4.79 Å². The maximum Gasteiger partial charge on any atom is 0.266 e. The second-order valence-corrected chi connectivity index (χ2v) is 8.57. The second kappa shape index (κ2) is 9.50. The van der Waals surface area contributed by atoms with Crippen molar-refractivity contribution in [2.24, 2.45) is 0 Å². The average Bonchev–Trinajstić information content (AvgIpc) is 2.84. The normalized spacial score (nSPS) is 11.0. The van der Waals surface area contributed by atoms with Gasteiger partial charge < -0.3 is 11.1 Å². The summed E-state index contributed by atoms with van der Waals surface area (Å²) >= 11 is 7.75. The number of nitrogens with zero attached hydrogens (tertiary/aromatic N) is 5. The Labute approximate surface area is 203 Å². The summed E-state index contributed by atoms with van der Waals surface area (Å²) in [5, 5.41) is 4.54. The van der Waals surface area contributed by atoms with Crippen LogP contribution in [0.15, 0.2) is 88.8 Å². The van der Waals surface area contributed by atoms with Crippen molar-refractivity contribution < 1.29 is 0 Å². The summed E-state index contributed by atoms with van der Waals surface area (Å²) in [6.45, 7) is 0. The lowest BCUT2D eigenvalue weighted by atomic mass is 10.2. The van der Waals surface area contributed by atoms with Crippen LogP contribution in [0.3, 0.4) is 0 Å². The van der Waals surface area contributed by atoms with Crippen LogP contribution in [-0.2, 0) is 5.75 Å². The first kappa shape index (κ1) is 21.9. The summed E-state index contributed by atoms with van der Waals surface area (Å²) in [6.07, 6.45) is 0. The van der Waals surface area contributed by atoms with Crippen molar-refractivity contribution >= 4 is 51.8 Å². The molecule has 5 aromatic rings. The van der Waals surface area contributed by atoms with E-state index >= 15 is 0 Å². The van der Waals surface area contributed by atoms with Gasteiger partial charge in [0.15, 0.2) is 5.16 Å². The lowest BCUT2D eigenvalue weighted by molar-refractivity contribution is 0.818. The number of benzene rings is 3. The molecule has 168 valence electrons. The molecule has 0 atom stereocenters. The molecule has 0 spiro atoms. The molecule has 0 radical (unpaired) electrons. The quantitative estimate of drug-likeness (QED) is 0.258. The van der Waals surface area contributed by atoms with Crippen LogP contribution in [0, 0.1) is 0 Å². The van der Waals surface area contributed by atoms with Gasteiger partial charge in [0.05, 0.1) is 27.4 Å². The summed E-state index contributed by atoms with van der Waals surface area (Å²) in [5.74, 6) is 1.19. The van der Waals surface area contributed by atoms with Crippen LogP contribution in [0.5, 0.6) is 0 Å². The van der Waals surface area contributed by atoms with E-state index in [4.69, 9.17) is 22.3 Å². The van der Waals surface area contributed by atoms with Gasteiger partial charge >= 0.3 is 0 Å². The summed E-state index contributed by atoms with van der Waals surface area (Å²) < 4.78 is 1.52. The average molecular weight is 488 g/mol. The highest BCUT2D eigenvalue weighted by Gasteiger charge is 2.16. The van der Waals surface area contributed by atoms with Gasteiger partial charge in [-0.15, -0.1) is 0 Å². The molecule has 3 aromatic carbocycles. The second-order valence-electron chi connectivity index (χ2n) is 7.22. The van der Waals surface area contributed by atoms with Gasteiger partial charge in [-0.25, -0.2) is 4.98 Å². The fourth-order valence-corrected chi connectivity index (χ4v) is 4.47. The number of para-hydroxylation sites is 3. The van der Waals surface area contributed by atoms with Crippen LogP contribution in [0.1, 0.15) is 5.82 Å². The SMILES string of the molecule is Nc1nc(CSc2nc3ccccc3c(=O)n2-c2ccccc2Cl)nc(Nc2ccccc2)n1. The molecule has 3 N–H and O–H groups in total. The third-order valence-corrected chi connectivity index (χ3v) is 6.15. The Morgan fingerprint density at radius 1 is 0.882 bits per heavy atom. The number of nitrogens with one attached hydrogen (secondary N) is 1. The van der Waals surface area contributed by atoms with Crippen LogP contribution >= 0.6 is 23.4 Å². The highest BCUT2D eigenvalue weighted by Crippen LogP contribution is 2.27. The van der Waals surface area contributed by atoms with Gasteiger partial charge in [0.25, 0.3) is 5.56 Å². The van der Waals surface area contributed by atoms with E-state index in [1.165, 1.54) is 16.3 Å². The molecule has 2 aromatic heterocycles. The van der Waals surface area contributed by atoms with E-state index in [0.717, 1.165) is 5.69 Å². The number of nitrogens with two attached hydrogens (primary N) is 1. The van der Waals surface area contributed by atoms with Gasteiger partial charge in [0.2, 0.25) is 11.9 Å². The van der Waals surface area contributed by atoms with Gasteiger partial charge in [-0.1, -0.05) is 65.8 Å². The molecular formula is C24H18ClN7OS. The van der Waals surface area contributed by atoms with Gasteiger partial charge in [0.1, 0.15) is 5.82 Å². The number of halogens is 1. The smallest absolute Gasteiger partial charge is 0.266 e. The van der Waals surface area contributed by atoms with E-state index in [1.807, 2.05) is 54.6 Å². The standard InChI is InChI=1S/C24H18ClN7OS/c25-17-11-5-7-13-19(17)32-21(33)16-10-4-6-12-18(16)28-24(32)34-14-20-29-22(26)31-23(30-20)27-15-8-2-1-3-9-15/h1-13H,14H2,(H3,26,27,29,30,31).